The van der Waals surface area contributed by atoms with Crippen LogP contribution < -0.4 is 4.74 Å². The third-order valence-electron chi connectivity index (χ3n) is 2.27. The Morgan fingerprint density at radius 1 is 1.59 bits per heavy atom. The zero-order chi connectivity index (χ0) is 13.0. The van der Waals surface area contributed by atoms with Gasteiger partial charge in [-0.25, -0.2) is 0 Å². The van der Waals surface area contributed by atoms with Gasteiger partial charge in [0.15, 0.2) is 11.5 Å². The van der Waals surface area contributed by atoms with Gasteiger partial charge in [-0.3, -0.25) is 4.79 Å². The second kappa shape index (κ2) is 5.72. The van der Waals surface area contributed by atoms with Crippen molar-refractivity contribution < 1.29 is 24.1 Å². The van der Waals surface area contributed by atoms with E-state index >= 15 is 0 Å². The first-order chi connectivity index (χ1) is 7.97. The number of phenols is 1. The SMILES string of the molecule is COc1c(CCCC(=O)O)cc(Cl)c(O)c1F. The summed E-state index contributed by atoms with van der Waals surface area (Å²) in [6.45, 7) is 0. The molecule has 0 aliphatic rings. The van der Waals surface area contributed by atoms with Gasteiger partial charge in [-0.05, 0) is 24.5 Å². The Kier molecular flexibility index (Phi) is 4.57. The van der Waals surface area contributed by atoms with Crippen LogP contribution in [0.1, 0.15) is 18.4 Å². The Hall–Kier alpha value is -1.49. The molecule has 0 fully saturated rings. The number of carboxylic acids is 1. The predicted octanol–water partition coefficient (Wildman–Crippen LogP) is 2.60. The van der Waals surface area contributed by atoms with E-state index in [-0.39, 0.29) is 17.2 Å². The van der Waals surface area contributed by atoms with Gasteiger partial charge in [0.1, 0.15) is 0 Å². The van der Waals surface area contributed by atoms with Crippen molar-refractivity contribution in [1.29, 1.82) is 0 Å². The van der Waals surface area contributed by atoms with Crippen LogP contribution in [-0.2, 0) is 11.2 Å². The van der Waals surface area contributed by atoms with Crippen LogP contribution in [0.15, 0.2) is 6.07 Å². The number of aliphatic carboxylic acids is 1. The van der Waals surface area contributed by atoms with E-state index in [0.717, 1.165) is 0 Å². The number of hydrogen-bond donors (Lipinski definition) is 2. The molecule has 0 aromatic heterocycles. The van der Waals surface area contributed by atoms with Crippen LogP contribution in [0.5, 0.6) is 11.5 Å². The molecule has 17 heavy (non-hydrogen) atoms. The van der Waals surface area contributed by atoms with Crippen LogP contribution in [0.4, 0.5) is 4.39 Å². The first kappa shape index (κ1) is 13.6. The van der Waals surface area contributed by atoms with Crippen molar-refractivity contribution in [2.45, 2.75) is 19.3 Å². The summed E-state index contributed by atoms with van der Waals surface area (Å²) < 4.78 is 18.4. The van der Waals surface area contributed by atoms with Crippen LogP contribution in [-0.4, -0.2) is 23.3 Å². The van der Waals surface area contributed by atoms with E-state index in [1.807, 2.05) is 0 Å². The molecule has 0 saturated carbocycles. The molecule has 6 heteroatoms. The topological polar surface area (TPSA) is 66.8 Å². The van der Waals surface area contributed by atoms with Gasteiger partial charge in [0.2, 0.25) is 5.82 Å². The number of carbonyl (C=O) groups is 1. The van der Waals surface area contributed by atoms with Crippen molar-refractivity contribution in [2.24, 2.45) is 0 Å². The minimum Gasteiger partial charge on any atom is -0.504 e. The lowest BCUT2D eigenvalue weighted by Gasteiger charge is -2.11. The smallest absolute Gasteiger partial charge is 0.303 e. The highest BCUT2D eigenvalue weighted by molar-refractivity contribution is 6.32. The second-order valence-electron chi connectivity index (χ2n) is 3.46. The zero-order valence-corrected chi connectivity index (χ0v) is 9.92. The third-order valence-corrected chi connectivity index (χ3v) is 2.56. The quantitative estimate of drug-likeness (QED) is 0.856. The summed E-state index contributed by atoms with van der Waals surface area (Å²) in [5.41, 5.74) is 0.439. The van der Waals surface area contributed by atoms with E-state index in [2.05, 4.69) is 0 Å². The molecule has 0 atom stereocenters. The summed E-state index contributed by atoms with van der Waals surface area (Å²) in [7, 11) is 1.27. The van der Waals surface area contributed by atoms with Gasteiger partial charge in [0, 0.05) is 6.42 Å². The highest BCUT2D eigenvalue weighted by atomic mass is 35.5. The van der Waals surface area contributed by atoms with Gasteiger partial charge in [-0.15, -0.1) is 0 Å². The maximum absolute atomic E-state index is 13.5. The largest absolute Gasteiger partial charge is 0.504 e. The second-order valence-corrected chi connectivity index (χ2v) is 3.87. The molecule has 0 radical (unpaired) electrons. The van der Waals surface area contributed by atoms with E-state index < -0.39 is 17.5 Å². The number of ether oxygens (including phenoxy) is 1. The average molecular weight is 263 g/mol. The van der Waals surface area contributed by atoms with Crippen LogP contribution in [0.3, 0.4) is 0 Å². The molecule has 0 heterocycles. The monoisotopic (exact) mass is 262 g/mol. The number of hydrogen-bond acceptors (Lipinski definition) is 3. The standard InChI is InChI=1S/C11H12ClFO4/c1-17-11-6(3-2-4-8(14)15)5-7(12)10(16)9(11)13/h5,16H,2-4H2,1H3,(H,14,15). The van der Waals surface area contributed by atoms with E-state index in [1.54, 1.807) is 0 Å². The van der Waals surface area contributed by atoms with Crippen molar-refractivity contribution in [1.82, 2.24) is 0 Å². The first-order valence-corrected chi connectivity index (χ1v) is 5.30. The molecule has 1 aromatic rings. The van der Waals surface area contributed by atoms with Gasteiger partial charge in [0.25, 0.3) is 0 Å². The van der Waals surface area contributed by atoms with E-state index in [1.165, 1.54) is 13.2 Å². The highest BCUT2D eigenvalue weighted by Crippen LogP contribution is 2.36. The van der Waals surface area contributed by atoms with E-state index in [4.69, 9.17) is 21.4 Å². The Balaban J connectivity index is 2.94. The molecule has 0 unspecified atom stereocenters. The Morgan fingerprint density at radius 2 is 2.24 bits per heavy atom. The zero-order valence-electron chi connectivity index (χ0n) is 9.17. The predicted molar refractivity (Wildman–Crippen MR) is 60.2 cm³/mol. The van der Waals surface area contributed by atoms with E-state index in [0.29, 0.717) is 18.4 Å². The summed E-state index contributed by atoms with van der Waals surface area (Å²) in [6, 6.07) is 1.38. The van der Waals surface area contributed by atoms with Crippen molar-refractivity contribution in [2.75, 3.05) is 7.11 Å². The molecule has 4 nitrogen and oxygen atoms in total. The van der Waals surface area contributed by atoms with Gasteiger partial charge >= 0.3 is 5.97 Å². The van der Waals surface area contributed by atoms with Crippen molar-refractivity contribution in [3.05, 3.63) is 22.5 Å². The highest BCUT2D eigenvalue weighted by Gasteiger charge is 2.17. The van der Waals surface area contributed by atoms with Crippen molar-refractivity contribution in [3.63, 3.8) is 0 Å². The van der Waals surface area contributed by atoms with Crippen molar-refractivity contribution >= 4 is 17.6 Å². The summed E-state index contributed by atoms with van der Waals surface area (Å²) in [4.78, 5) is 10.4. The molecule has 94 valence electrons. The fourth-order valence-corrected chi connectivity index (χ4v) is 1.69. The minimum absolute atomic E-state index is 0.0245. The molecule has 0 saturated heterocycles. The van der Waals surface area contributed by atoms with Gasteiger partial charge in [-0.2, -0.15) is 4.39 Å². The minimum atomic E-state index is -0.926. The molecule has 1 aromatic carbocycles. The van der Waals surface area contributed by atoms with Gasteiger partial charge < -0.3 is 14.9 Å². The molecular formula is C11H12ClFO4. The van der Waals surface area contributed by atoms with Crippen LogP contribution in [0, 0.1) is 5.82 Å². The number of aromatic hydroxyl groups is 1. The lowest BCUT2D eigenvalue weighted by molar-refractivity contribution is -0.137. The summed E-state index contributed by atoms with van der Waals surface area (Å²) in [5.74, 6) is -2.61. The Labute approximate surface area is 103 Å². The van der Waals surface area contributed by atoms with E-state index in [9.17, 15) is 14.3 Å². The summed E-state index contributed by atoms with van der Waals surface area (Å²) in [6.07, 6.45) is 0.627. The number of phenolic OH excluding ortho intramolecular Hbond substituents is 1. The lowest BCUT2D eigenvalue weighted by atomic mass is 10.1. The number of rotatable bonds is 5. The number of aryl methyl sites for hydroxylation is 1. The fraction of sp³-hybridized carbons (Fsp3) is 0.364. The Bertz CT molecular complexity index is 434. The Morgan fingerprint density at radius 3 is 2.76 bits per heavy atom. The third kappa shape index (κ3) is 3.23. The summed E-state index contributed by atoms with van der Waals surface area (Å²) in [5, 5.41) is 17.7. The number of benzene rings is 1. The van der Waals surface area contributed by atoms with Crippen LogP contribution >= 0.6 is 11.6 Å². The molecule has 1 rings (SSSR count). The normalized spacial score (nSPS) is 10.3. The number of methoxy groups -OCH3 is 1. The first-order valence-electron chi connectivity index (χ1n) is 4.93. The number of carboxylic acid groups (broad SMARTS) is 1. The molecule has 0 spiro atoms. The molecule has 0 aliphatic heterocycles. The average Bonchev–Trinajstić information content (AvgIpc) is 2.26. The fourth-order valence-electron chi connectivity index (χ4n) is 1.48. The summed E-state index contributed by atoms with van der Waals surface area (Å²) >= 11 is 5.63. The molecular weight excluding hydrogens is 251 g/mol. The molecule has 2 N–H and O–H groups in total. The van der Waals surface area contributed by atoms with Crippen LogP contribution in [0.2, 0.25) is 5.02 Å². The van der Waals surface area contributed by atoms with Crippen molar-refractivity contribution in [3.8, 4) is 11.5 Å². The molecule has 0 amide bonds. The maximum Gasteiger partial charge on any atom is 0.303 e. The lowest BCUT2D eigenvalue weighted by Crippen LogP contribution is -2.00. The maximum atomic E-state index is 13.5. The molecule has 0 bridgehead atoms. The number of halogens is 2. The molecule has 0 aliphatic carbocycles. The van der Waals surface area contributed by atoms with Crippen LogP contribution in [0.25, 0.3) is 0 Å². The van der Waals surface area contributed by atoms with Gasteiger partial charge in [0.05, 0.1) is 12.1 Å². The van der Waals surface area contributed by atoms with Gasteiger partial charge in [-0.1, -0.05) is 11.6 Å².